The zero-order valence-corrected chi connectivity index (χ0v) is 15.9. The topological polar surface area (TPSA) is 38.3 Å². The van der Waals surface area contributed by atoms with Crippen LogP contribution in [0.2, 0.25) is 0 Å². The van der Waals surface area contributed by atoms with Crippen molar-refractivity contribution >= 4 is 5.91 Å². The highest BCUT2D eigenvalue weighted by Crippen LogP contribution is 2.19. The lowest BCUT2D eigenvalue weighted by Gasteiger charge is -2.20. The Kier molecular flexibility index (Phi) is 9.46. The number of ether oxygens (including phenoxy) is 1. The predicted octanol–water partition coefficient (Wildman–Crippen LogP) is 5.42. The van der Waals surface area contributed by atoms with E-state index in [9.17, 15) is 4.79 Å². The minimum atomic E-state index is 0.0167. The maximum Gasteiger partial charge on any atom is 0.258 e. The van der Waals surface area contributed by atoms with Crippen LogP contribution in [0.5, 0.6) is 5.75 Å². The Morgan fingerprint density at radius 2 is 1.52 bits per heavy atom. The molecule has 1 saturated carbocycles. The number of nitrogens with one attached hydrogen (secondary N) is 1. The van der Waals surface area contributed by atoms with Crippen molar-refractivity contribution < 1.29 is 9.53 Å². The molecule has 1 amide bonds. The van der Waals surface area contributed by atoms with Crippen LogP contribution >= 0.6 is 0 Å². The number of para-hydroxylation sites is 1. The van der Waals surface area contributed by atoms with Gasteiger partial charge in [0.15, 0.2) is 6.61 Å². The molecule has 3 heteroatoms. The van der Waals surface area contributed by atoms with E-state index in [1.165, 1.54) is 57.8 Å². The van der Waals surface area contributed by atoms with Crippen LogP contribution in [0.3, 0.4) is 0 Å². The first-order valence-electron chi connectivity index (χ1n) is 10.3. The fourth-order valence-corrected chi connectivity index (χ4v) is 3.66. The predicted molar refractivity (Wildman–Crippen MR) is 104 cm³/mol. The number of carbonyl (C=O) groups is 1. The Bertz CT molecular complexity index is 489. The molecule has 0 radical (unpaired) electrons. The number of rotatable bonds is 5. The standard InChI is InChI=1S/C22H35NO2/c1-2-19-14-12-13-17-21(19)25-18-22(24)23-20-15-10-8-6-4-3-5-7-9-11-16-20/h12-14,17,20H,2-11,15-16,18H2,1H3,(H,23,24). The van der Waals surface area contributed by atoms with Crippen LogP contribution < -0.4 is 10.1 Å². The van der Waals surface area contributed by atoms with Gasteiger partial charge in [0.1, 0.15) is 5.75 Å². The van der Waals surface area contributed by atoms with Crippen LogP contribution in [0.1, 0.15) is 83.1 Å². The molecule has 0 heterocycles. The number of amides is 1. The molecule has 1 aromatic carbocycles. The summed E-state index contributed by atoms with van der Waals surface area (Å²) >= 11 is 0. The van der Waals surface area contributed by atoms with E-state index in [1.807, 2.05) is 18.2 Å². The van der Waals surface area contributed by atoms with Crippen LogP contribution in [-0.2, 0) is 11.2 Å². The highest BCUT2D eigenvalue weighted by atomic mass is 16.5. The van der Waals surface area contributed by atoms with Gasteiger partial charge in [-0.1, -0.05) is 82.9 Å². The van der Waals surface area contributed by atoms with E-state index in [0.717, 1.165) is 30.6 Å². The number of hydrogen-bond acceptors (Lipinski definition) is 2. The first kappa shape index (κ1) is 19.8. The molecule has 0 unspecified atom stereocenters. The molecule has 1 fully saturated rings. The molecule has 0 spiro atoms. The minimum Gasteiger partial charge on any atom is -0.483 e. The summed E-state index contributed by atoms with van der Waals surface area (Å²) in [5, 5.41) is 3.21. The molecule has 0 bridgehead atoms. The molecule has 2 rings (SSSR count). The van der Waals surface area contributed by atoms with Crippen LogP contribution in [0.4, 0.5) is 0 Å². The number of carbonyl (C=O) groups excluding carboxylic acids is 1. The van der Waals surface area contributed by atoms with E-state index < -0.39 is 0 Å². The molecule has 0 aliphatic heterocycles. The second kappa shape index (κ2) is 11.9. The summed E-state index contributed by atoms with van der Waals surface area (Å²) in [4.78, 5) is 12.3. The van der Waals surface area contributed by atoms with E-state index in [2.05, 4.69) is 18.3 Å². The third-order valence-corrected chi connectivity index (χ3v) is 5.18. The summed E-state index contributed by atoms with van der Waals surface area (Å²) in [5.74, 6) is 0.849. The van der Waals surface area contributed by atoms with Gasteiger partial charge in [-0.3, -0.25) is 4.79 Å². The van der Waals surface area contributed by atoms with Gasteiger partial charge in [0, 0.05) is 6.04 Å². The van der Waals surface area contributed by atoms with Crippen molar-refractivity contribution in [3.8, 4) is 5.75 Å². The quantitative estimate of drug-likeness (QED) is 0.774. The van der Waals surface area contributed by atoms with Gasteiger partial charge in [-0.15, -0.1) is 0 Å². The molecular weight excluding hydrogens is 310 g/mol. The van der Waals surface area contributed by atoms with Crippen molar-refractivity contribution in [1.29, 1.82) is 0 Å². The summed E-state index contributed by atoms with van der Waals surface area (Å²) in [6, 6.07) is 8.29. The molecule has 0 saturated heterocycles. The van der Waals surface area contributed by atoms with Crippen LogP contribution in [0.15, 0.2) is 24.3 Å². The van der Waals surface area contributed by atoms with Gasteiger partial charge in [0.25, 0.3) is 5.91 Å². The van der Waals surface area contributed by atoms with Crippen molar-refractivity contribution in [3.05, 3.63) is 29.8 Å². The second-order valence-corrected chi connectivity index (χ2v) is 7.27. The van der Waals surface area contributed by atoms with E-state index in [-0.39, 0.29) is 12.5 Å². The van der Waals surface area contributed by atoms with Crippen molar-refractivity contribution in [2.45, 2.75) is 90.0 Å². The lowest BCUT2D eigenvalue weighted by atomic mass is 9.98. The molecule has 1 aromatic rings. The van der Waals surface area contributed by atoms with Gasteiger partial charge in [0.05, 0.1) is 0 Å². The van der Waals surface area contributed by atoms with Crippen molar-refractivity contribution in [3.63, 3.8) is 0 Å². The molecule has 1 N–H and O–H groups in total. The largest absolute Gasteiger partial charge is 0.483 e. The van der Waals surface area contributed by atoms with Gasteiger partial charge in [-0.25, -0.2) is 0 Å². The Labute approximate surface area is 153 Å². The third-order valence-electron chi connectivity index (χ3n) is 5.18. The SMILES string of the molecule is CCc1ccccc1OCC(=O)NC1CCCCCCCCCCC1. The molecule has 0 aromatic heterocycles. The molecule has 140 valence electrons. The lowest BCUT2D eigenvalue weighted by molar-refractivity contribution is -0.123. The van der Waals surface area contributed by atoms with Crippen LogP contribution in [0.25, 0.3) is 0 Å². The zero-order valence-electron chi connectivity index (χ0n) is 15.9. The lowest BCUT2D eigenvalue weighted by Crippen LogP contribution is -2.38. The first-order chi connectivity index (χ1) is 12.3. The van der Waals surface area contributed by atoms with E-state index in [0.29, 0.717) is 6.04 Å². The summed E-state index contributed by atoms with van der Waals surface area (Å²) < 4.78 is 5.76. The molecule has 1 aliphatic carbocycles. The normalized spacial score (nSPS) is 18.0. The Hall–Kier alpha value is -1.51. The molecule has 0 atom stereocenters. The first-order valence-corrected chi connectivity index (χ1v) is 10.3. The average molecular weight is 346 g/mol. The van der Waals surface area contributed by atoms with Crippen LogP contribution in [-0.4, -0.2) is 18.6 Å². The van der Waals surface area contributed by atoms with Gasteiger partial charge < -0.3 is 10.1 Å². The molecular formula is C22H35NO2. The maximum absolute atomic E-state index is 12.3. The average Bonchev–Trinajstić information content (AvgIpc) is 2.62. The maximum atomic E-state index is 12.3. The zero-order chi connectivity index (χ0) is 17.7. The number of aryl methyl sites for hydroxylation is 1. The van der Waals surface area contributed by atoms with Crippen molar-refractivity contribution in [2.75, 3.05) is 6.61 Å². The molecule has 3 nitrogen and oxygen atoms in total. The van der Waals surface area contributed by atoms with Crippen molar-refractivity contribution in [1.82, 2.24) is 5.32 Å². The van der Waals surface area contributed by atoms with Crippen LogP contribution in [0, 0.1) is 0 Å². The Morgan fingerprint density at radius 3 is 2.12 bits per heavy atom. The number of benzene rings is 1. The molecule has 1 aliphatic rings. The number of hydrogen-bond donors (Lipinski definition) is 1. The van der Waals surface area contributed by atoms with E-state index >= 15 is 0 Å². The minimum absolute atomic E-state index is 0.0167. The fraction of sp³-hybridized carbons (Fsp3) is 0.682. The van der Waals surface area contributed by atoms with Gasteiger partial charge >= 0.3 is 0 Å². The fourth-order valence-electron chi connectivity index (χ4n) is 3.66. The van der Waals surface area contributed by atoms with E-state index in [4.69, 9.17) is 4.74 Å². The summed E-state index contributed by atoms with van der Waals surface area (Å²) in [7, 11) is 0. The summed E-state index contributed by atoms with van der Waals surface area (Å²) in [5.41, 5.74) is 1.15. The Balaban J connectivity index is 1.77. The Morgan fingerprint density at radius 1 is 0.960 bits per heavy atom. The van der Waals surface area contributed by atoms with Gasteiger partial charge in [0.2, 0.25) is 0 Å². The highest BCUT2D eigenvalue weighted by Gasteiger charge is 2.13. The second-order valence-electron chi connectivity index (χ2n) is 7.27. The molecule has 25 heavy (non-hydrogen) atoms. The van der Waals surface area contributed by atoms with Gasteiger partial charge in [-0.2, -0.15) is 0 Å². The summed E-state index contributed by atoms with van der Waals surface area (Å²) in [6.45, 7) is 2.22. The third kappa shape index (κ3) is 7.94. The van der Waals surface area contributed by atoms with E-state index in [1.54, 1.807) is 0 Å². The van der Waals surface area contributed by atoms with Crippen molar-refractivity contribution in [2.24, 2.45) is 0 Å². The smallest absolute Gasteiger partial charge is 0.258 e. The highest BCUT2D eigenvalue weighted by molar-refractivity contribution is 5.77. The van der Waals surface area contributed by atoms with Gasteiger partial charge in [-0.05, 0) is 30.9 Å². The summed E-state index contributed by atoms with van der Waals surface area (Å²) in [6.07, 6.45) is 15.0. The monoisotopic (exact) mass is 345 g/mol.